The van der Waals surface area contributed by atoms with Crippen molar-refractivity contribution >= 4 is 17.7 Å². The van der Waals surface area contributed by atoms with E-state index in [1.54, 1.807) is 31.4 Å². The molecule has 1 aliphatic carbocycles. The van der Waals surface area contributed by atoms with Gasteiger partial charge >= 0.3 is 12.1 Å². The van der Waals surface area contributed by atoms with E-state index >= 15 is 0 Å². The molecule has 1 saturated heterocycles. The number of carbonyl (C=O) groups is 2. The molecule has 0 bridgehead atoms. The van der Waals surface area contributed by atoms with Crippen LogP contribution >= 0.6 is 0 Å². The summed E-state index contributed by atoms with van der Waals surface area (Å²) in [6.45, 7) is 4.85. The van der Waals surface area contributed by atoms with Crippen molar-refractivity contribution in [3.63, 3.8) is 0 Å². The first-order valence-electron chi connectivity index (χ1n) is 14.5. The Morgan fingerprint density at radius 3 is 2.55 bits per heavy atom. The highest BCUT2D eigenvalue weighted by molar-refractivity contribution is 5.73. The maximum Gasteiger partial charge on any atom is 0.412 e. The van der Waals surface area contributed by atoms with Crippen LogP contribution in [0.15, 0.2) is 54.6 Å². The lowest BCUT2D eigenvalue weighted by atomic mass is 9.47. The Balaban J connectivity index is 1.48. The van der Waals surface area contributed by atoms with Gasteiger partial charge in [0.25, 0.3) is 0 Å². The quantitative estimate of drug-likeness (QED) is 0.379. The Labute approximate surface area is 246 Å². The molecule has 0 aromatic heterocycles. The van der Waals surface area contributed by atoms with Crippen molar-refractivity contribution in [2.45, 2.75) is 55.9 Å². The van der Waals surface area contributed by atoms with Gasteiger partial charge in [0.05, 0.1) is 26.8 Å². The highest BCUT2D eigenvalue weighted by Gasteiger charge is 2.77. The van der Waals surface area contributed by atoms with Crippen LogP contribution in [-0.4, -0.2) is 86.8 Å². The van der Waals surface area contributed by atoms with E-state index in [0.29, 0.717) is 12.2 Å². The van der Waals surface area contributed by atoms with Gasteiger partial charge in [-0.3, -0.25) is 9.69 Å². The zero-order valence-corrected chi connectivity index (χ0v) is 24.8. The van der Waals surface area contributed by atoms with E-state index in [0.717, 1.165) is 36.5 Å². The first kappa shape index (κ1) is 28.4. The van der Waals surface area contributed by atoms with E-state index in [1.165, 1.54) is 14.0 Å². The van der Waals surface area contributed by atoms with Crippen molar-refractivity contribution in [1.29, 1.82) is 0 Å². The second-order valence-corrected chi connectivity index (χ2v) is 11.8. The molecule has 2 N–H and O–H groups in total. The number of methoxy groups -OCH3 is 2. The number of rotatable bonds is 7. The zero-order chi connectivity index (χ0) is 29.9. The fourth-order valence-electron chi connectivity index (χ4n) is 8.70. The maximum atomic E-state index is 13.2. The molecule has 2 fully saturated rings. The minimum atomic E-state index is -1.70. The van der Waals surface area contributed by atoms with Crippen molar-refractivity contribution in [1.82, 2.24) is 10.2 Å². The van der Waals surface area contributed by atoms with Gasteiger partial charge in [-0.25, -0.2) is 4.79 Å². The average molecular weight is 578 g/mol. The Morgan fingerprint density at radius 1 is 1.10 bits per heavy atom. The molecule has 1 amide bonds. The second-order valence-electron chi connectivity index (χ2n) is 11.8. The van der Waals surface area contributed by atoms with E-state index in [2.05, 4.69) is 40.3 Å². The molecule has 1 saturated carbocycles. The average Bonchev–Trinajstić information content (AvgIpc) is 3.50. The molecular formula is C32H39N3O7. The second kappa shape index (κ2) is 10.2. The van der Waals surface area contributed by atoms with Crippen molar-refractivity contribution in [2.75, 3.05) is 45.8 Å². The summed E-state index contributed by atoms with van der Waals surface area (Å²) in [5.74, 6) is 0.894. The summed E-state index contributed by atoms with van der Waals surface area (Å²) in [5.41, 5.74) is -0.817. The van der Waals surface area contributed by atoms with E-state index < -0.39 is 40.6 Å². The first-order chi connectivity index (χ1) is 20.2. The van der Waals surface area contributed by atoms with Gasteiger partial charge in [0.1, 0.15) is 17.5 Å². The number of nitrogens with one attached hydrogen (secondary N) is 1. The van der Waals surface area contributed by atoms with Crippen LogP contribution in [0.3, 0.4) is 0 Å². The monoisotopic (exact) mass is 577 g/mol. The lowest BCUT2D eigenvalue weighted by molar-refractivity contribution is -0.216. The zero-order valence-electron chi connectivity index (χ0n) is 24.8. The molecule has 10 heteroatoms. The number of anilines is 1. The minimum Gasteiger partial charge on any atom is -0.497 e. The Morgan fingerprint density at radius 2 is 1.86 bits per heavy atom. The van der Waals surface area contributed by atoms with Crippen LogP contribution in [0, 0.1) is 5.41 Å². The molecule has 2 aromatic rings. The number of hydrogen-bond acceptors (Lipinski definition) is 9. The van der Waals surface area contributed by atoms with Crippen molar-refractivity contribution < 1.29 is 33.6 Å². The van der Waals surface area contributed by atoms with Gasteiger partial charge < -0.3 is 34.3 Å². The topological polar surface area (TPSA) is 110 Å². The Hall–Kier alpha value is -3.76. The molecule has 1 spiro atoms. The number of fused-ring (bicyclic) bond motifs is 1. The largest absolute Gasteiger partial charge is 0.497 e. The van der Waals surface area contributed by atoms with Gasteiger partial charge in [0, 0.05) is 49.1 Å². The summed E-state index contributed by atoms with van der Waals surface area (Å²) in [6.07, 6.45) is 4.00. The van der Waals surface area contributed by atoms with Gasteiger partial charge in [-0.05, 0) is 43.1 Å². The molecule has 224 valence electrons. The summed E-state index contributed by atoms with van der Waals surface area (Å²) in [4.78, 5) is 30.5. The molecule has 6 atom stereocenters. The number of ether oxygens (including phenoxy) is 4. The summed E-state index contributed by atoms with van der Waals surface area (Å²) >= 11 is 0. The predicted molar refractivity (Wildman–Crippen MR) is 156 cm³/mol. The van der Waals surface area contributed by atoms with Crippen molar-refractivity contribution in [2.24, 2.45) is 5.41 Å². The number of aliphatic hydroxyl groups is 1. The van der Waals surface area contributed by atoms with E-state index in [9.17, 15) is 14.7 Å². The maximum absolute atomic E-state index is 13.2. The standard InChI is InChI=1S/C32H39N3O7/c1-6-30-14-9-16-35-17-15-31(26(30)35)22-13-12-21(39-4)18-23(22)34(3)27(31)32(38,28(30)41-20(2)36)19-33-29(37)42-25-11-8-7-10-24(25)40-5/h7-14,18,26-28,38H,6,15-17,19H2,1-5H3,(H,33,37)/t26-,27+,28+,30+,31+,32?/m0/s1. The van der Waals surface area contributed by atoms with Crippen LogP contribution < -0.4 is 24.4 Å². The molecule has 3 aliphatic heterocycles. The third-order valence-electron chi connectivity index (χ3n) is 10.0. The van der Waals surface area contributed by atoms with Crippen molar-refractivity contribution in [3.05, 3.63) is 60.2 Å². The molecule has 42 heavy (non-hydrogen) atoms. The normalized spacial score (nSPS) is 32.4. The minimum absolute atomic E-state index is 0.0350. The third-order valence-corrected chi connectivity index (χ3v) is 10.0. The van der Waals surface area contributed by atoms with Gasteiger partial charge in [-0.1, -0.05) is 37.3 Å². The van der Waals surface area contributed by atoms with Gasteiger partial charge in [0.2, 0.25) is 0 Å². The fraction of sp³-hybridized carbons (Fsp3) is 0.500. The number of amides is 1. The summed E-state index contributed by atoms with van der Waals surface area (Å²) < 4.78 is 22.6. The number of likely N-dealkylation sites (N-methyl/N-ethyl adjacent to an activating group) is 1. The third kappa shape index (κ3) is 3.84. The van der Waals surface area contributed by atoms with Crippen LogP contribution in [0.25, 0.3) is 0 Å². The summed E-state index contributed by atoms with van der Waals surface area (Å²) in [5, 5.41) is 15.9. The highest BCUT2D eigenvalue weighted by atomic mass is 16.6. The van der Waals surface area contributed by atoms with Crippen LogP contribution in [0.2, 0.25) is 0 Å². The molecule has 4 aliphatic rings. The molecule has 2 aromatic carbocycles. The van der Waals surface area contributed by atoms with E-state index in [-0.39, 0.29) is 18.3 Å². The number of carbonyl (C=O) groups excluding carboxylic acids is 2. The number of para-hydroxylation sites is 2. The first-order valence-corrected chi connectivity index (χ1v) is 14.5. The molecular weight excluding hydrogens is 538 g/mol. The molecule has 3 heterocycles. The van der Waals surface area contributed by atoms with Crippen LogP contribution in [0.4, 0.5) is 10.5 Å². The summed E-state index contributed by atoms with van der Waals surface area (Å²) in [6, 6.07) is 12.4. The molecule has 10 nitrogen and oxygen atoms in total. The van der Waals surface area contributed by atoms with Crippen LogP contribution in [-0.2, 0) is 14.9 Å². The Kier molecular flexibility index (Phi) is 6.89. The van der Waals surface area contributed by atoms with E-state index in [1.807, 2.05) is 19.2 Å². The SMILES string of the molecule is CC[C@]12C=CCN3CC[C@@]4(c5ccc(OC)cc5N(C)[C@H]4C(O)(CNC(=O)Oc4ccccc4OC)[C@@H]1OC(C)=O)[C@@H]32. The molecule has 1 unspecified atom stereocenters. The number of nitrogens with zero attached hydrogens (tertiary/aromatic N) is 2. The lowest BCUT2D eigenvalue weighted by Crippen LogP contribution is -2.81. The lowest BCUT2D eigenvalue weighted by Gasteiger charge is -2.64. The molecule has 6 rings (SSSR count). The fourth-order valence-corrected chi connectivity index (χ4v) is 8.70. The number of esters is 1. The van der Waals surface area contributed by atoms with Gasteiger partial charge in [0.15, 0.2) is 11.5 Å². The predicted octanol–water partition coefficient (Wildman–Crippen LogP) is 3.27. The van der Waals surface area contributed by atoms with Gasteiger partial charge in [-0.2, -0.15) is 0 Å². The number of benzene rings is 2. The highest BCUT2D eigenvalue weighted by Crippen LogP contribution is 2.67. The van der Waals surface area contributed by atoms with Crippen molar-refractivity contribution in [3.8, 4) is 17.2 Å². The summed E-state index contributed by atoms with van der Waals surface area (Å²) in [7, 11) is 5.10. The van der Waals surface area contributed by atoms with Crippen LogP contribution in [0.5, 0.6) is 17.2 Å². The van der Waals surface area contributed by atoms with Crippen LogP contribution in [0.1, 0.15) is 32.3 Å². The Bertz CT molecular complexity index is 1430. The smallest absolute Gasteiger partial charge is 0.412 e. The van der Waals surface area contributed by atoms with E-state index in [4.69, 9.17) is 18.9 Å². The van der Waals surface area contributed by atoms with Gasteiger partial charge in [-0.15, -0.1) is 0 Å². The number of hydrogen-bond donors (Lipinski definition) is 2. The molecule has 0 radical (unpaired) electrons.